The van der Waals surface area contributed by atoms with Gasteiger partial charge in [0.15, 0.2) is 0 Å². The van der Waals surface area contributed by atoms with Crippen molar-refractivity contribution in [3.63, 3.8) is 0 Å². The van der Waals surface area contributed by atoms with E-state index in [0.29, 0.717) is 16.7 Å². The molecule has 2 rings (SSSR count). The average Bonchev–Trinajstić information content (AvgIpc) is 2.24. The van der Waals surface area contributed by atoms with Crippen LogP contribution < -0.4 is 0 Å². The Bertz CT molecular complexity index is 150. The van der Waals surface area contributed by atoms with Crippen LogP contribution in [0, 0.1) is 0 Å². The first kappa shape index (κ1) is 5.79. The van der Waals surface area contributed by atoms with Gasteiger partial charge in [-0.25, -0.2) is 0 Å². The third kappa shape index (κ3) is 0.602. The molecule has 50 valence electrons. The first-order valence-electron chi connectivity index (χ1n) is 3.61. The van der Waals surface area contributed by atoms with Gasteiger partial charge >= 0.3 is 0 Å². The van der Waals surface area contributed by atoms with E-state index < -0.39 is 0 Å². The lowest BCUT2D eigenvalue weighted by Crippen LogP contribution is -2.25. The Hall–Kier alpha value is 0.0338. The molecule has 1 aliphatic carbocycles. The first-order chi connectivity index (χ1) is 4.21. The van der Waals surface area contributed by atoms with Crippen LogP contribution in [-0.2, 0) is 0 Å². The Labute approximate surface area is 61.0 Å². The summed E-state index contributed by atoms with van der Waals surface area (Å²) in [6, 6.07) is 1.33. The van der Waals surface area contributed by atoms with Gasteiger partial charge in [-0.2, -0.15) is 10.2 Å². The van der Waals surface area contributed by atoms with Gasteiger partial charge in [0, 0.05) is 20.5 Å². The number of hydrogen-bond acceptors (Lipinski definition) is 2. The lowest BCUT2D eigenvalue weighted by molar-refractivity contribution is 0.643. The van der Waals surface area contributed by atoms with Crippen LogP contribution in [-0.4, -0.2) is 32.6 Å². The molecule has 1 fully saturated rings. The highest BCUT2D eigenvalue weighted by Crippen LogP contribution is 2.47. The molecule has 0 radical (unpaired) electrons. The molecule has 4 heteroatoms. The number of nitrogens with zero attached hydrogens (tertiary/aromatic N) is 2. The van der Waals surface area contributed by atoms with Crippen molar-refractivity contribution in [1.82, 2.24) is 0 Å². The standard InChI is InChI=1S/C5H12N2Si2/c8-5(9)3-1-2-4(5)7-6-3/h3-4H,1-2H2,8-9H3. The molecule has 0 spiro atoms. The van der Waals surface area contributed by atoms with Crippen LogP contribution >= 0.6 is 0 Å². The predicted octanol–water partition coefficient (Wildman–Crippen LogP) is -1.17. The normalized spacial score (nSPS) is 55.6. The van der Waals surface area contributed by atoms with Crippen molar-refractivity contribution in [3.8, 4) is 0 Å². The van der Waals surface area contributed by atoms with Crippen molar-refractivity contribution in [3.05, 3.63) is 0 Å². The maximum atomic E-state index is 4.25. The molecule has 2 nitrogen and oxygen atoms in total. The Morgan fingerprint density at radius 3 is 1.67 bits per heavy atom. The summed E-state index contributed by atoms with van der Waals surface area (Å²) in [5, 5.41) is 8.50. The fraction of sp³-hybridized carbons (Fsp3) is 1.00. The molecule has 2 unspecified atom stereocenters. The number of fused-ring (bicyclic) bond motifs is 2. The largest absolute Gasteiger partial charge is 0.191 e. The van der Waals surface area contributed by atoms with E-state index in [0.717, 1.165) is 0 Å². The topological polar surface area (TPSA) is 24.7 Å². The zero-order chi connectivity index (χ0) is 6.48. The summed E-state index contributed by atoms with van der Waals surface area (Å²) in [5.41, 5.74) is 0. The highest BCUT2D eigenvalue weighted by atomic mass is 28.2. The molecule has 0 aromatic carbocycles. The minimum Gasteiger partial charge on any atom is -0.191 e. The van der Waals surface area contributed by atoms with Crippen molar-refractivity contribution in [2.24, 2.45) is 10.2 Å². The monoisotopic (exact) mass is 156 g/mol. The smallest absolute Gasteiger partial charge is 0.0722 e. The van der Waals surface area contributed by atoms with E-state index in [1.54, 1.807) is 0 Å². The van der Waals surface area contributed by atoms with Crippen LogP contribution in [0.2, 0.25) is 4.66 Å². The summed E-state index contributed by atoms with van der Waals surface area (Å²) in [6.45, 7) is 0. The zero-order valence-electron chi connectivity index (χ0n) is 5.96. The maximum absolute atomic E-state index is 4.25. The number of azo groups is 1. The van der Waals surface area contributed by atoms with Crippen molar-refractivity contribution >= 4 is 20.5 Å². The molecular formula is C5H12N2Si2. The lowest BCUT2D eigenvalue weighted by atomic mass is 10.2. The molecule has 0 amide bonds. The van der Waals surface area contributed by atoms with E-state index in [-0.39, 0.29) is 0 Å². The SMILES string of the molecule is [SiH3]C1([SiH3])C2CCC1N=N2. The van der Waals surface area contributed by atoms with Crippen molar-refractivity contribution in [1.29, 1.82) is 0 Å². The third-order valence-electron chi connectivity index (χ3n) is 2.78. The van der Waals surface area contributed by atoms with E-state index in [1.807, 2.05) is 0 Å². The highest BCUT2D eigenvalue weighted by molar-refractivity contribution is 6.41. The molecule has 2 atom stereocenters. The summed E-state index contributed by atoms with van der Waals surface area (Å²) >= 11 is 0. The van der Waals surface area contributed by atoms with E-state index >= 15 is 0 Å². The summed E-state index contributed by atoms with van der Waals surface area (Å²) in [5.74, 6) is 0. The average molecular weight is 156 g/mol. The molecule has 0 aromatic rings. The van der Waals surface area contributed by atoms with E-state index in [2.05, 4.69) is 10.2 Å². The second-order valence-corrected chi connectivity index (χ2v) is 9.97. The van der Waals surface area contributed by atoms with E-state index in [4.69, 9.17) is 0 Å². The second kappa shape index (κ2) is 1.55. The Kier molecular flexibility index (Phi) is 0.995. The molecule has 9 heavy (non-hydrogen) atoms. The van der Waals surface area contributed by atoms with Crippen molar-refractivity contribution in [2.45, 2.75) is 29.6 Å². The Morgan fingerprint density at radius 1 is 1.11 bits per heavy atom. The van der Waals surface area contributed by atoms with Gasteiger partial charge in [-0.15, -0.1) is 0 Å². The van der Waals surface area contributed by atoms with Gasteiger partial charge in [-0.1, -0.05) is 0 Å². The van der Waals surface area contributed by atoms with Gasteiger partial charge in [-0.3, -0.25) is 0 Å². The van der Waals surface area contributed by atoms with Gasteiger partial charge in [0.05, 0.1) is 12.1 Å². The molecule has 2 bridgehead atoms. The summed E-state index contributed by atoms with van der Waals surface area (Å²) in [7, 11) is 2.63. The molecule has 0 aromatic heterocycles. The summed E-state index contributed by atoms with van der Waals surface area (Å²) in [4.78, 5) is 0. The molecule has 1 aliphatic heterocycles. The van der Waals surface area contributed by atoms with Crippen molar-refractivity contribution in [2.75, 3.05) is 0 Å². The van der Waals surface area contributed by atoms with Crippen LogP contribution in [0.4, 0.5) is 0 Å². The molecule has 1 heterocycles. The molecule has 1 saturated carbocycles. The van der Waals surface area contributed by atoms with Gasteiger partial charge in [0.1, 0.15) is 0 Å². The van der Waals surface area contributed by atoms with Crippen LogP contribution in [0.3, 0.4) is 0 Å². The van der Waals surface area contributed by atoms with Crippen molar-refractivity contribution < 1.29 is 0 Å². The minimum atomic E-state index is 0.667. The minimum absolute atomic E-state index is 0.667. The van der Waals surface area contributed by atoms with E-state index in [9.17, 15) is 0 Å². The van der Waals surface area contributed by atoms with Crippen LogP contribution in [0.15, 0.2) is 10.2 Å². The highest BCUT2D eigenvalue weighted by Gasteiger charge is 2.47. The van der Waals surface area contributed by atoms with Crippen LogP contribution in [0.25, 0.3) is 0 Å². The predicted molar refractivity (Wildman–Crippen MR) is 44.2 cm³/mol. The number of hydrogen-bond donors (Lipinski definition) is 0. The number of rotatable bonds is 0. The fourth-order valence-corrected chi connectivity index (χ4v) is 3.47. The quantitative estimate of drug-likeness (QED) is 0.395. The zero-order valence-corrected chi connectivity index (χ0v) is 9.96. The maximum Gasteiger partial charge on any atom is 0.0722 e. The Balaban J connectivity index is 2.35. The van der Waals surface area contributed by atoms with E-state index in [1.165, 1.54) is 33.3 Å². The summed E-state index contributed by atoms with van der Waals surface area (Å²) in [6.07, 6.45) is 2.67. The summed E-state index contributed by atoms with van der Waals surface area (Å²) < 4.78 is 0.667. The fourth-order valence-electron chi connectivity index (χ4n) is 1.86. The molecule has 0 saturated heterocycles. The Morgan fingerprint density at radius 2 is 1.56 bits per heavy atom. The molecule has 0 N–H and O–H groups in total. The lowest BCUT2D eigenvalue weighted by Gasteiger charge is -2.19. The second-order valence-electron chi connectivity index (χ2n) is 3.66. The van der Waals surface area contributed by atoms with Crippen LogP contribution in [0.1, 0.15) is 12.8 Å². The van der Waals surface area contributed by atoms with Gasteiger partial charge < -0.3 is 0 Å². The molecular weight excluding hydrogens is 144 g/mol. The van der Waals surface area contributed by atoms with Gasteiger partial charge in [0.25, 0.3) is 0 Å². The van der Waals surface area contributed by atoms with Gasteiger partial charge in [0.2, 0.25) is 0 Å². The first-order valence-corrected chi connectivity index (χ1v) is 5.61. The molecule has 2 aliphatic rings. The third-order valence-corrected chi connectivity index (χ3v) is 5.44. The van der Waals surface area contributed by atoms with Gasteiger partial charge in [-0.05, 0) is 17.5 Å². The van der Waals surface area contributed by atoms with Crippen LogP contribution in [0.5, 0.6) is 0 Å².